The van der Waals surface area contributed by atoms with Crippen LogP contribution in [0.4, 0.5) is 4.39 Å². The fourth-order valence-electron chi connectivity index (χ4n) is 1.64. The standard InChI is InChI=1S/C12H13ClFN3O2/c1-7-16-12(19-17-7)5-15-11(6-18)8-2-3-9(13)10(14)4-8/h2-4,11,15,18H,5-6H2,1H3/t11-/m1/s1. The number of aliphatic hydroxyl groups excluding tert-OH is 1. The second kappa shape index (κ2) is 6.10. The van der Waals surface area contributed by atoms with Crippen LogP contribution in [0, 0.1) is 12.7 Å². The van der Waals surface area contributed by atoms with Crippen molar-refractivity contribution in [3.8, 4) is 0 Å². The molecule has 0 aliphatic heterocycles. The summed E-state index contributed by atoms with van der Waals surface area (Å²) in [7, 11) is 0. The fourth-order valence-corrected chi connectivity index (χ4v) is 1.76. The molecular formula is C12H13ClFN3O2. The Kier molecular flexibility index (Phi) is 4.47. The van der Waals surface area contributed by atoms with Crippen LogP contribution in [0.25, 0.3) is 0 Å². The van der Waals surface area contributed by atoms with Gasteiger partial charge < -0.3 is 9.63 Å². The van der Waals surface area contributed by atoms with Crippen molar-refractivity contribution in [3.05, 3.63) is 46.3 Å². The molecule has 0 fully saturated rings. The maximum Gasteiger partial charge on any atom is 0.240 e. The highest BCUT2D eigenvalue weighted by atomic mass is 35.5. The molecule has 1 atom stereocenters. The molecule has 1 aromatic heterocycles. The van der Waals surface area contributed by atoms with Crippen molar-refractivity contribution in [2.45, 2.75) is 19.5 Å². The molecule has 1 heterocycles. The second-order valence-electron chi connectivity index (χ2n) is 4.02. The largest absolute Gasteiger partial charge is 0.394 e. The molecule has 2 rings (SSSR count). The molecule has 0 aliphatic rings. The minimum absolute atomic E-state index is 0.0490. The summed E-state index contributed by atoms with van der Waals surface area (Å²) in [6, 6.07) is 3.96. The quantitative estimate of drug-likeness (QED) is 0.879. The van der Waals surface area contributed by atoms with Gasteiger partial charge in [-0.3, -0.25) is 5.32 Å². The van der Waals surface area contributed by atoms with Crippen LogP contribution in [0.3, 0.4) is 0 Å². The Bertz CT molecular complexity index is 562. The van der Waals surface area contributed by atoms with Crippen molar-refractivity contribution < 1.29 is 14.0 Å². The van der Waals surface area contributed by atoms with Crippen LogP contribution in [0.2, 0.25) is 5.02 Å². The minimum Gasteiger partial charge on any atom is -0.394 e. The second-order valence-corrected chi connectivity index (χ2v) is 4.43. The summed E-state index contributed by atoms with van der Waals surface area (Å²) in [5, 5.41) is 16.0. The van der Waals surface area contributed by atoms with Gasteiger partial charge in [0.1, 0.15) is 5.82 Å². The summed E-state index contributed by atoms with van der Waals surface area (Å²) in [6.45, 7) is 1.82. The lowest BCUT2D eigenvalue weighted by Gasteiger charge is -2.15. The van der Waals surface area contributed by atoms with Crippen LogP contribution in [0.5, 0.6) is 0 Å². The summed E-state index contributed by atoms with van der Waals surface area (Å²) < 4.78 is 18.3. The average Bonchev–Trinajstić information content (AvgIpc) is 2.80. The van der Waals surface area contributed by atoms with E-state index in [1.165, 1.54) is 12.1 Å². The predicted octanol–water partition coefficient (Wildman–Crippen LogP) is 1.99. The third kappa shape index (κ3) is 3.50. The Balaban J connectivity index is 2.05. The number of benzene rings is 1. The van der Waals surface area contributed by atoms with E-state index in [1.54, 1.807) is 13.0 Å². The number of hydrogen-bond donors (Lipinski definition) is 2. The Morgan fingerprint density at radius 2 is 2.32 bits per heavy atom. The number of aryl methyl sites for hydroxylation is 1. The molecule has 0 saturated carbocycles. The summed E-state index contributed by atoms with van der Waals surface area (Å²) in [5.74, 6) is 0.424. The van der Waals surface area contributed by atoms with Gasteiger partial charge in [-0.25, -0.2) is 4.39 Å². The van der Waals surface area contributed by atoms with Crippen LogP contribution in [-0.2, 0) is 6.54 Å². The first-order valence-corrected chi connectivity index (χ1v) is 6.06. The van der Waals surface area contributed by atoms with Crippen molar-refractivity contribution in [2.75, 3.05) is 6.61 Å². The van der Waals surface area contributed by atoms with E-state index in [0.29, 0.717) is 17.3 Å². The van der Waals surface area contributed by atoms with Crippen LogP contribution in [0.15, 0.2) is 22.7 Å². The highest BCUT2D eigenvalue weighted by Gasteiger charge is 2.13. The topological polar surface area (TPSA) is 71.2 Å². The lowest BCUT2D eigenvalue weighted by atomic mass is 10.1. The number of halogens is 2. The van der Waals surface area contributed by atoms with Gasteiger partial charge in [0.25, 0.3) is 0 Å². The fraction of sp³-hybridized carbons (Fsp3) is 0.333. The normalized spacial score (nSPS) is 12.6. The van der Waals surface area contributed by atoms with Gasteiger partial charge in [-0.1, -0.05) is 22.8 Å². The first kappa shape index (κ1) is 13.9. The molecule has 0 spiro atoms. The third-order valence-electron chi connectivity index (χ3n) is 2.60. The summed E-state index contributed by atoms with van der Waals surface area (Å²) in [6.07, 6.45) is 0. The number of aliphatic hydroxyl groups is 1. The van der Waals surface area contributed by atoms with Crippen LogP contribution in [-0.4, -0.2) is 21.9 Å². The highest BCUT2D eigenvalue weighted by Crippen LogP contribution is 2.20. The first-order valence-electron chi connectivity index (χ1n) is 5.68. The maximum atomic E-state index is 13.4. The van der Waals surface area contributed by atoms with Gasteiger partial charge in [-0.2, -0.15) is 4.98 Å². The number of rotatable bonds is 5. The number of aromatic nitrogens is 2. The monoisotopic (exact) mass is 285 g/mol. The maximum absolute atomic E-state index is 13.4. The summed E-state index contributed by atoms with van der Waals surface area (Å²) >= 11 is 5.61. The lowest BCUT2D eigenvalue weighted by Crippen LogP contribution is -2.24. The van der Waals surface area contributed by atoms with Crippen molar-refractivity contribution in [3.63, 3.8) is 0 Å². The van der Waals surface area contributed by atoms with Crippen molar-refractivity contribution in [2.24, 2.45) is 0 Å². The van der Waals surface area contributed by atoms with Gasteiger partial charge in [0.05, 0.1) is 24.2 Å². The van der Waals surface area contributed by atoms with E-state index in [2.05, 4.69) is 15.5 Å². The number of hydrogen-bond acceptors (Lipinski definition) is 5. The van der Waals surface area contributed by atoms with Gasteiger partial charge in [0.2, 0.25) is 5.89 Å². The van der Waals surface area contributed by atoms with E-state index in [0.717, 1.165) is 0 Å². The van der Waals surface area contributed by atoms with Crippen LogP contribution < -0.4 is 5.32 Å². The summed E-state index contributed by atoms with van der Waals surface area (Å²) in [5.41, 5.74) is 0.598. The Labute approximate surface area is 114 Å². The van der Waals surface area contributed by atoms with E-state index in [4.69, 9.17) is 16.1 Å². The zero-order valence-corrected chi connectivity index (χ0v) is 11.0. The molecule has 0 aliphatic carbocycles. The third-order valence-corrected chi connectivity index (χ3v) is 2.90. The van der Waals surface area contributed by atoms with E-state index < -0.39 is 11.9 Å². The molecule has 5 nitrogen and oxygen atoms in total. The van der Waals surface area contributed by atoms with Crippen molar-refractivity contribution in [1.29, 1.82) is 0 Å². The predicted molar refractivity (Wildman–Crippen MR) is 67.1 cm³/mol. The Hall–Kier alpha value is -1.50. The van der Waals surface area contributed by atoms with Crippen molar-refractivity contribution in [1.82, 2.24) is 15.5 Å². The molecule has 2 N–H and O–H groups in total. The minimum atomic E-state index is -0.520. The number of nitrogens with zero attached hydrogens (tertiary/aromatic N) is 2. The molecule has 0 bridgehead atoms. The Morgan fingerprint density at radius 1 is 1.53 bits per heavy atom. The van der Waals surface area contributed by atoms with Crippen LogP contribution in [0.1, 0.15) is 23.3 Å². The summed E-state index contributed by atoms with van der Waals surface area (Å²) in [4.78, 5) is 4.03. The van der Waals surface area contributed by atoms with E-state index >= 15 is 0 Å². The average molecular weight is 286 g/mol. The molecule has 7 heteroatoms. The SMILES string of the molecule is Cc1noc(CN[C@H](CO)c2ccc(Cl)c(F)c2)n1. The molecule has 19 heavy (non-hydrogen) atoms. The highest BCUT2D eigenvalue weighted by molar-refractivity contribution is 6.30. The van der Waals surface area contributed by atoms with Gasteiger partial charge in [0.15, 0.2) is 5.82 Å². The zero-order valence-electron chi connectivity index (χ0n) is 10.2. The lowest BCUT2D eigenvalue weighted by molar-refractivity contribution is 0.237. The van der Waals surface area contributed by atoms with Gasteiger partial charge in [0, 0.05) is 0 Å². The van der Waals surface area contributed by atoms with E-state index in [1.807, 2.05) is 0 Å². The van der Waals surface area contributed by atoms with Gasteiger partial charge in [-0.15, -0.1) is 0 Å². The molecule has 0 saturated heterocycles. The molecule has 102 valence electrons. The molecule has 0 radical (unpaired) electrons. The van der Waals surface area contributed by atoms with E-state index in [9.17, 15) is 9.50 Å². The smallest absolute Gasteiger partial charge is 0.240 e. The molecule has 0 unspecified atom stereocenters. The van der Waals surface area contributed by atoms with Gasteiger partial charge >= 0.3 is 0 Å². The Morgan fingerprint density at radius 3 is 2.89 bits per heavy atom. The first-order chi connectivity index (χ1) is 9.10. The molecule has 1 aromatic carbocycles. The van der Waals surface area contributed by atoms with Gasteiger partial charge in [-0.05, 0) is 24.6 Å². The van der Waals surface area contributed by atoms with Crippen LogP contribution >= 0.6 is 11.6 Å². The van der Waals surface area contributed by atoms with E-state index in [-0.39, 0.29) is 18.2 Å². The molecule has 0 amide bonds. The molecular weight excluding hydrogens is 273 g/mol. The molecule has 2 aromatic rings. The zero-order chi connectivity index (χ0) is 13.8. The number of nitrogens with one attached hydrogen (secondary N) is 1. The van der Waals surface area contributed by atoms with Crippen molar-refractivity contribution >= 4 is 11.6 Å².